The number of ether oxygens (including phenoxy) is 1. The number of rotatable bonds is 3. The lowest BCUT2D eigenvalue weighted by atomic mass is 10.1. The topological polar surface area (TPSA) is 31.2 Å². The van der Waals surface area contributed by atoms with Gasteiger partial charge in [-0.25, -0.2) is 0 Å². The van der Waals surface area contributed by atoms with Crippen LogP contribution in [0.1, 0.15) is 5.56 Å². The first-order valence-corrected chi connectivity index (χ1v) is 6.48. The van der Waals surface area contributed by atoms with Crippen LogP contribution < -0.4 is 10.3 Å². The highest BCUT2D eigenvalue weighted by Crippen LogP contribution is 2.19. The molecule has 0 aliphatic rings. The Hall–Kier alpha value is -2.55. The Morgan fingerprint density at radius 2 is 1.80 bits per heavy atom. The molecule has 3 heteroatoms. The van der Waals surface area contributed by atoms with Gasteiger partial charge in [0.15, 0.2) is 0 Å². The number of benzene rings is 2. The van der Waals surface area contributed by atoms with Gasteiger partial charge in [-0.2, -0.15) is 0 Å². The maximum Gasteiger partial charge on any atom is 0.251 e. The zero-order chi connectivity index (χ0) is 13.9. The minimum Gasteiger partial charge on any atom is -0.497 e. The molecular weight excluding hydrogens is 250 g/mol. The Kier molecular flexibility index (Phi) is 3.25. The smallest absolute Gasteiger partial charge is 0.251 e. The first kappa shape index (κ1) is 12.5. The molecule has 0 fully saturated rings. The number of hydrogen-bond acceptors (Lipinski definition) is 2. The van der Waals surface area contributed by atoms with Crippen molar-refractivity contribution in [2.75, 3.05) is 7.11 Å². The van der Waals surface area contributed by atoms with Gasteiger partial charge < -0.3 is 9.30 Å². The van der Waals surface area contributed by atoms with Crippen molar-refractivity contribution in [2.45, 2.75) is 6.54 Å². The number of nitrogens with zero attached hydrogens (tertiary/aromatic N) is 1. The van der Waals surface area contributed by atoms with Crippen LogP contribution in [0.4, 0.5) is 0 Å². The third-order valence-corrected chi connectivity index (χ3v) is 3.35. The highest BCUT2D eigenvalue weighted by Gasteiger charge is 2.02. The van der Waals surface area contributed by atoms with Gasteiger partial charge in [0.1, 0.15) is 5.75 Å². The third kappa shape index (κ3) is 2.43. The molecule has 3 aromatic rings. The van der Waals surface area contributed by atoms with E-state index >= 15 is 0 Å². The van der Waals surface area contributed by atoms with Crippen molar-refractivity contribution < 1.29 is 4.74 Å². The molecule has 2 aromatic carbocycles. The van der Waals surface area contributed by atoms with Crippen LogP contribution in [0.3, 0.4) is 0 Å². The SMILES string of the molecule is COc1ccc2cc(=O)n(Cc3ccccc3)cc2c1. The van der Waals surface area contributed by atoms with Gasteiger partial charge >= 0.3 is 0 Å². The molecule has 0 radical (unpaired) electrons. The van der Waals surface area contributed by atoms with Crippen molar-refractivity contribution in [3.63, 3.8) is 0 Å². The highest BCUT2D eigenvalue weighted by atomic mass is 16.5. The second kappa shape index (κ2) is 5.21. The summed E-state index contributed by atoms with van der Waals surface area (Å²) in [5.41, 5.74) is 1.11. The zero-order valence-electron chi connectivity index (χ0n) is 11.2. The summed E-state index contributed by atoms with van der Waals surface area (Å²) in [4.78, 5) is 12.1. The number of hydrogen-bond donors (Lipinski definition) is 0. The van der Waals surface area contributed by atoms with E-state index in [4.69, 9.17) is 4.74 Å². The van der Waals surface area contributed by atoms with Gasteiger partial charge in [-0.15, -0.1) is 0 Å². The Bertz CT molecular complexity index is 791. The molecule has 0 bridgehead atoms. The van der Waals surface area contributed by atoms with Gasteiger partial charge in [-0.05, 0) is 23.1 Å². The standard InChI is InChI=1S/C17H15NO2/c1-20-16-8-7-14-10-17(19)18(12-15(14)9-16)11-13-5-3-2-4-6-13/h2-10,12H,11H2,1H3. The van der Waals surface area contributed by atoms with E-state index in [1.807, 2.05) is 54.7 Å². The molecule has 0 atom stereocenters. The molecule has 0 aliphatic heterocycles. The molecule has 0 saturated carbocycles. The van der Waals surface area contributed by atoms with Gasteiger partial charge in [-0.1, -0.05) is 36.4 Å². The minimum absolute atomic E-state index is 0.00604. The maximum absolute atomic E-state index is 12.1. The second-order valence-electron chi connectivity index (χ2n) is 4.72. The summed E-state index contributed by atoms with van der Waals surface area (Å²) in [7, 11) is 1.64. The summed E-state index contributed by atoms with van der Waals surface area (Å²) in [6, 6.07) is 17.3. The Morgan fingerprint density at radius 3 is 2.55 bits per heavy atom. The fourth-order valence-electron chi connectivity index (χ4n) is 2.27. The van der Waals surface area contributed by atoms with E-state index < -0.39 is 0 Å². The van der Waals surface area contributed by atoms with E-state index in [0.717, 1.165) is 22.1 Å². The Labute approximate surface area is 117 Å². The van der Waals surface area contributed by atoms with Crippen molar-refractivity contribution >= 4 is 10.8 Å². The molecule has 1 aromatic heterocycles. The van der Waals surface area contributed by atoms with Crippen LogP contribution in [0.25, 0.3) is 10.8 Å². The molecule has 20 heavy (non-hydrogen) atoms. The zero-order valence-corrected chi connectivity index (χ0v) is 11.2. The molecule has 3 nitrogen and oxygen atoms in total. The molecule has 0 aliphatic carbocycles. The summed E-state index contributed by atoms with van der Waals surface area (Å²) >= 11 is 0. The van der Waals surface area contributed by atoms with Crippen LogP contribution in [-0.2, 0) is 6.54 Å². The molecule has 0 amide bonds. The normalized spacial score (nSPS) is 10.7. The summed E-state index contributed by atoms with van der Waals surface area (Å²) in [6.45, 7) is 0.576. The van der Waals surface area contributed by atoms with Crippen LogP contribution in [-0.4, -0.2) is 11.7 Å². The molecule has 0 N–H and O–H groups in total. The molecular formula is C17H15NO2. The number of aromatic nitrogens is 1. The summed E-state index contributed by atoms with van der Waals surface area (Å²) in [5, 5.41) is 1.93. The summed E-state index contributed by atoms with van der Waals surface area (Å²) < 4.78 is 6.94. The van der Waals surface area contributed by atoms with Gasteiger partial charge in [0.25, 0.3) is 5.56 Å². The third-order valence-electron chi connectivity index (χ3n) is 3.35. The minimum atomic E-state index is 0.00604. The Balaban J connectivity index is 2.06. The number of methoxy groups -OCH3 is 1. The van der Waals surface area contributed by atoms with Crippen LogP contribution in [0, 0.1) is 0 Å². The van der Waals surface area contributed by atoms with Crippen LogP contribution in [0.2, 0.25) is 0 Å². The average molecular weight is 265 g/mol. The predicted octanol–water partition coefficient (Wildman–Crippen LogP) is 3.06. The van der Waals surface area contributed by atoms with Crippen molar-refractivity contribution in [1.82, 2.24) is 4.57 Å². The average Bonchev–Trinajstić information content (AvgIpc) is 2.48. The molecule has 3 rings (SSSR count). The van der Waals surface area contributed by atoms with Gasteiger partial charge in [0.2, 0.25) is 0 Å². The Morgan fingerprint density at radius 1 is 1.00 bits per heavy atom. The first-order chi connectivity index (χ1) is 9.76. The molecule has 1 heterocycles. The monoisotopic (exact) mass is 265 g/mol. The van der Waals surface area contributed by atoms with Crippen LogP contribution in [0.5, 0.6) is 5.75 Å². The van der Waals surface area contributed by atoms with Crippen LogP contribution in [0.15, 0.2) is 65.6 Å². The predicted molar refractivity (Wildman–Crippen MR) is 80.3 cm³/mol. The molecule has 100 valence electrons. The van der Waals surface area contributed by atoms with Crippen molar-refractivity contribution in [2.24, 2.45) is 0 Å². The maximum atomic E-state index is 12.1. The van der Waals surface area contributed by atoms with Crippen LogP contribution >= 0.6 is 0 Å². The van der Waals surface area contributed by atoms with Crippen molar-refractivity contribution in [1.29, 1.82) is 0 Å². The fourth-order valence-corrected chi connectivity index (χ4v) is 2.27. The largest absolute Gasteiger partial charge is 0.497 e. The quantitative estimate of drug-likeness (QED) is 0.728. The highest BCUT2D eigenvalue weighted by molar-refractivity contribution is 5.82. The lowest BCUT2D eigenvalue weighted by molar-refractivity contribution is 0.415. The van der Waals surface area contributed by atoms with E-state index in [9.17, 15) is 4.79 Å². The lowest BCUT2D eigenvalue weighted by Gasteiger charge is -2.08. The van der Waals surface area contributed by atoms with Crippen molar-refractivity contribution in [3.05, 3.63) is 76.7 Å². The van der Waals surface area contributed by atoms with E-state index in [1.165, 1.54) is 0 Å². The van der Waals surface area contributed by atoms with Crippen molar-refractivity contribution in [3.8, 4) is 5.75 Å². The van der Waals surface area contributed by atoms with E-state index in [1.54, 1.807) is 17.7 Å². The van der Waals surface area contributed by atoms with E-state index in [2.05, 4.69) is 0 Å². The first-order valence-electron chi connectivity index (χ1n) is 6.48. The van der Waals surface area contributed by atoms with Gasteiger partial charge in [0, 0.05) is 17.6 Å². The van der Waals surface area contributed by atoms with Gasteiger partial charge in [0.05, 0.1) is 13.7 Å². The molecule has 0 spiro atoms. The fraction of sp³-hybridized carbons (Fsp3) is 0.118. The molecule has 0 saturated heterocycles. The summed E-state index contributed by atoms with van der Waals surface area (Å²) in [6.07, 6.45) is 1.88. The number of pyridine rings is 1. The summed E-state index contributed by atoms with van der Waals surface area (Å²) in [5.74, 6) is 0.794. The second-order valence-corrected chi connectivity index (χ2v) is 4.72. The van der Waals surface area contributed by atoms with E-state index in [-0.39, 0.29) is 5.56 Å². The van der Waals surface area contributed by atoms with E-state index in [0.29, 0.717) is 6.54 Å². The lowest BCUT2D eigenvalue weighted by Crippen LogP contribution is -2.18. The molecule has 0 unspecified atom stereocenters. The number of fused-ring (bicyclic) bond motifs is 1. The van der Waals surface area contributed by atoms with Gasteiger partial charge in [-0.3, -0.25) is 4.79 Å².